The lowest BCUT2D eigenvalue weighted by atomic mass is 9.82. The lowest BCUT2D eigenvalue weighted by Crippen LogP contribution is -2.33. The second kappa shape index (κ2) is 9.88. The SMILES string of the molecule is O=C(NC[C@H]1CC[C@H](C(=O)O)CC1)c1c(C(F)(F)F)ccc2ccn(Cc3ccc4ccccc4n3)c12. The molecule has 1 aliphatic rings. The summed E-state index contributed by atoms with van der Waals surface area (Å²) in [6.07, 6.45) is -0.820. The summed E-state index contributed by atoms with van der Waals surface area (Å²) in [6.45, 7) is 0.404. The maximum atomic E-state index is 14.0. The quantitative estimate of drug-likeness (QED) is 0.340. The molecule has 2 N–H and O–H groups in total. The van der Waals surface area contributed by atoms with Crippen molar-refractivity contribution in [1.29, 1.82) is 0 Å². The molecule has 0 radical (unpaired) electrons. The van der Waals surface area contributed by atoms with Crippen molar-refractivity contribution in [3.63, 3.8) is 0 Å². The number of benzene rings is 2. The first-order valence-electron chi connectivity index (χ1n) is 12.3. The summed E-state index contributed by atoms with van der Waals surface area (Å²) in [5.74, 6) is -1.98. The van der Waals surface area contributed by atoms with E-state index in [1.807, 2.05) is 36.4 Å². The van der Waals surface area contributed by atoms with Crippen LogP contribution in [-0.4, -0.2) is 33.1 Å². The van der Waals surface area contributed by atoms with Crippen LogP contribution in [0.25, 0.3) is 21.8 Å². The lowest BCUT2D eigenvalue weighted by molar-refractivity contribution is -0.143. The molecule has 9 heteroatoms. The van der Waals surface area contributed by atoms with Gasteiger partial charge in [0.05, 0.1) is 40.3 Å². The van der Waals surface area contributed by atoms with Gasteiger partial charge in [0.15, 0.2) is 0 Å². The summed E-state index contributed by atoms with van der Waals surface area (Å²) in [5, 5.41) is 13.4. The highest BCUT2D eigenvalue weighted by Crippen LogP contribution is 2.36. The van der Waals surface area contributed by atoms with Gasteiger partial charge in [-0.25, -0.2) is 0 Å². The van der Waals surface area contributed by atoms with E-state index >= 15 is 0 Å². The van der Waals surface area contributed by atoms with Crippen LogP contribution < -0.4 is 5.32 Å². The van der Waals surface area contributed by atoms with E-state index in [9.17, 15) is 27.9 Å². The van der Waals surface area contributed by atoms with Gasteiger partial charge in [0.25, 0.3) is 5.91 Å². The number of rotatable bonds is 6. The molecule has 37 heavy (non-hydrogen) atoms. The maximum Gasteiger partial charge on any atom is 0.417 e. The van der Waals surface area contributed by atoms with Gasteiger partial charge in [-0.1, -0.05) is 30.3 Å². The number of alkyl halides is 3. The Morgan fingerprint density at radius 3 is 2.43 bits per heavy atom. The van der Waals surface area contributed by atoms with Crippen LogP contribution in [0.1, 0.15) is 47.3 Å². The summed E-state index contributed by atoms with van der Waals surface area (Å²) >= 11 is 0. The zero-order chi connectivity index (χ0) is 26.2. The molecule has 0 aliphatic heterocycles. The van der Waals surface area contributed by atoms with Gasteiger partial charge in [0, 0.05) is 23.5 Å². The van der Waals surface area contributed by atoms with E-state index in [0.29, 0.717) is 36.8 Å². The second-order valence-corrected chi connectivity index (χ2v) is 9.63. The molecule has 1 fully saturated rings. The predicted molar refractivity (Wildman–Crippen MR) is 133 cm³/mol. The predicted octanol–water partition coefficient (Wildman–Crippen LogP) is 5.88. The first-order chi connectivity index (χ1) is 17.7. The number of carbonyl (C=O) groups excluding carboxylic acids is 1. The molecule has 5 rings (SSSR count). The van der Waals surface area contributed by atoms with Crippen LogP contribution in [0.3, 0.4) is 0 Å². The van der Waals surface area contributed by atoms with Crippen molar-refractivity contribution in [2.75, 3.05) is 6.54 Å². The van der Waals surface area contributed by atoms with E-state index in [0.717, 1.165) is 17.0 Å². The Hall–Kier alpha value is -3.88. The average Bonchev–Trinajstić information content (AvgIpc) is 3.29. The van der Waals surface area contributed by atoms with Crippen molar-refractivity contribution in [3.05, 3.63) is 77.6 Å². The average molecular weight is 510 g/mol. The highest BCUT2D eigenvalue weighted by atomic mass is 19.4. The number of hydrogen-bond donors (Lipinski definition) is 2. The first-order valence-corrected chi connectivity index (χ1v) is 12.3. The van der Waals surface area contributed by atoms with Crippen LogP contribution in [0.5, 0.6) is 0 Å². The summed E-state index contributed by atoms with van der Waals surface area (Å²) in [4.78, 5) is 29.1. The van der Waals surface area contributed by atoms with Crippen LogP contribution in [0.15, 0.2) is 60.8 Å². The minimum absolute atomic E-state index is 0.0293. The fourth-order valence-electron chi connectivity index (χ4n) is 5.20. The van der Waals surface area contributed by atoms with Gasteiger partial charge in [-0.3, -0.25) is 14.6 Å². The number of aromatic nitrogens is 2. The van der Waals surface area contributed by atoms with E-state index in [2.05, 4.69) is 10.3 Å². The smallest absolute Gasteiger partial charge is 0.417 e. The standard InChI is InChI=1S/C28H26F3N3O3/c29-28(30,31)22-12-10-19-13-14-34(16-21-11-9-18-3-1-2-4-23(18)33-21)25(19)24(22)26(35)32-15-17-5-7-20(8-6-17)27(36)37/h1-4,9-14,17,20H,5-8,15-16H2,(H,32,35)(H,36,37)/t17-,20-. The number of carboxylic acids is 1. The Morgan fingerprint density at radius 2 is 1.70 bits per heavy atom. The van der Waals surface area contributed by atoms with Crippen molar-refractivity contribution in [2.24, 2.45) is 11.8 Å². The van der Waals surface area contributed by atoms with Crippen LogP contribution >= 0.6 is 0 Å². The van der Waals surface area contributed by atoms with Crippen molar-refractivity contribution in [2.45, 2.75) is 38.4 Å². The molecule has 0 bridgehead atoms. The summed E-state index contributed by atoms with van der Waals surface area (Å²) in [5.41, 5.74) is 0.253. The monoisotopic (exact) mass is 509 g/mol. The number of halogens is 3. The number of carbonyl (C=O) groups is 2. The van der Waals surface area contributed by atoms with Gasteiger partial charge in [0.1, 0.15) is 0 Å². The lowest BCUT2D eigenvalue weighted by Gasteiger charge is -2.26. The summed E-state index contributed by atoms with van der Waals surface area (Å²) in [7, 11) is 0. The third-order valence-corrected chi connectivity index (χ3v) is 7.20. The van der Waals surface area contributed by atoms with Gasteiger partial charge in [-0.2, -0.15) is 13.2 Å². The Kier molecular flexibility index (Phi) is 6.62. The number of amides is 1. The molecule has 0 unspecified atom stereocenters. The number of pyridine rings is 1. The van der Waals surface area contributed by atoms with E-state index in [-0.39, 0.29) is 24.5 Å². The molecular formula is C28H26F3N3O3. The van der Waals surface area contributed by atoms with Crippen molar-refractivity contribution in [1.82, 2.24) is 14.9 Å². The first kappa shape index (κ1) is 24.8. The van der Waals surface area contributed by atoms with Gasteiger partial charge >= 0.3 is 12.1 Å². The van der Waals surface area contributed by atoms with Gasteiger partial charge in [0.2, 0.25) is 0 Å². The normalized spacial score (nSPS) is 18.2. The van der Waals surface area contributed by atoms with E-state index in [1.165, 1.54) is 6.07 Å². The van der Waals surface area contributed by atoms with Crippen LogP contribution in [-0.2, 0) is 17.5 Å². The van der Waals surface area contributed by atoms with Crippen LogP contribution in [0, 0.1) is 11.8 Å². The Labute approximate surface area is 211 Å². The molecule has 2 aromatic carbocycles. The van der Waals surface area contributed by atoms with Crippen molar-refractivity contribution < 1.29 is 27.9 Å². The topological polar surface area (TPSA) is 84.2 Å². The highest BCUT2D eigenvalue weighted by Gasteiger charge is 2.37. The molecular weight excluding hydrogens is 483 g/mol. The fraction of sp³-hybridized carbons (Fsp3) is 0.321. The van der Waals surface area contributed by atoms with E-state index in [1.54, 1.807) is 16.8 Å². The number of hydrogen-bond acceptors (Lipinski definition) is 3. The van der Waals surface area contributed by atoms with Gasteiger partial charge < -0.3 is 15.0 Å². The zero-order valence-corrected chi connectivity index (χ0v) is 20.0. The molecule has 0 spiro atoms. The molecule has 0 atom stereocenters. The van der Waals surface area contributed by atoms with Crippen LogP contribution in [0.4, 0.5) is 13.2 Å². The summed E-state index contributed by atoms with van der Waals surface area (Å²) < 4.78 is 43.7. The fourth-order valence-corrected chi connectivity index (χ4v) is 5.20. The molecule has 1 saturated carbocycles. The molecule has 2 aromatic heterocycles. The molecule has 6 nitrogen and oxygen atoms in total. The molecule has 0 saturated heterocycles. The van der Waals surface area contributed by atoms with E-state index < -0.39 is 35.1 Å². The number of carboxylic acid groups (broad SMARTS) is 1. The molecule has 1 amide bonds. The second-order valence-electron chi connectivity index (χ2n) is 9.63. The minimum atomic E-state index is -4.71. The highest BCUT2D eigenvalue weighted by molar-refractivity contribution is 6.07. The van der Waals surface area contributed by atoms with Gasteiger partial charge in [-0.05, 0) is 55.9 Å². The molecule has 4 aromatic rings. The zero-order valence-electron chi connectivity index (χ0n) is 20.0. The minimum Gasteiger partial charge on any atom is -0.481 e. The van der Waals surface area contributed by atoms with Gasteiger partial charge in [-0.15, -0.1) is 0 Å². The number of para-hydroxylation sites is 1. The third-order valence-electron chi connectivity index (χ3n) is 7.20. The largest absolute Gasteiger partial charge is 0.481 e. The van der Waals surface area contributed by atoms with Crippen LogP contribution in [0.2, 0.25) is 0 Å². The molecule has 2 heterocycles. The molecule has 1 aliphatic carbocycles. The van der Waals surface area contributed by atoms with Crippen molar-refractivity contribution >= 4 is 33.7 Å². The Morgan fingerprint density at radius 1 is 0.973 bits per heavy atom. The maximum absolute atomic E-state index is 14.0. The number of fused-ring (bicyclic) bond motifs is 2. The van der Waals surface area contributed by atoms with E-state index in [4.69, 9.17) is 0 Å². The third kappa shape index (κ3) is 5.16. The summed E-state index contributed by atoms with van der Waals surface area (Å²) in [6, 6.07) is 15.4. The number of nitrogens with zero attached hydrogens (tertiary/aromatic N) is 2. The van der Waals surface area contributed by atoms with Crippen molar-refractivity contribution in [3.8, 4) is 0 Å². The Balaban J connectivity index is 1.45. The number of aliphatic carboxylic acids is 1. The Bertz CT molecular complexity index is 1470. The molecule has 192 valence electrons. The number of nitrogens with one attached hydrogen (secondary N) is 1.